The summed E-state index contributed by atoms with van der Waals surface area (Å²) < 4.78 is 1.89. The van der Waals surface area contributed by atoms with Gasteiger partial charge in [0.15, 0.2) is 0 Å². The minimum atomic E-state index is 0.466. The van der Waals surface area contributed by atoms with Gasteiger partial charge in [-0.25, -0.2) is 4.68 Å². The number of nitrogens with two attached hydrogens (primary N) is 1. The fourth-order valence-electron chi connectivity index (χ4n) is 1.09. The van der Waals surface area contributed by atoms with Gasteiger partial charge in [0, 0.05) is 13.1 Å². The maximum absolute atomic E-state index is 5.49. The van der Waals surface area contributed by atoms with E-state index in [0.29, 0.717) is 6.54 Å². The van der Waals surface area contributed by atoms with Crippen LogP contribution in [0, 0.1) is 6.92 Å². The maximum atomic E-state index is 5.49. The van der Waals surface area contributed by atoms with Gasteiger partial charge in [-0.1, -0.05) is 5.21 Å². The van der Waals surface area contributed by atoms with Gasteiger partial charge in [0.05, 0.1) is 17.9 Å². The SMILES string of the molecule is Cc1c(CN)nnn1CCN(C)C. The Balaban J connectivity index is 2.62. The van der Waals surface area contributed by atoms with Crippen LogP contribution in [0.25, 0.3) is 0 Å². The molecule has 13 heavy (non-hydrogen) atoms. The first-order valence-corrected chi connectivity index (χ1v) is 4.39. The molecule has 0 fully saturated rings. The van der Waals surface area contributed by atoms with Crippen LogP contribution in [-0.2, 0) is 13.1 Å². The number of hydrogen-bond donors (Lipinski definition) is 1. The van der Waals surface area contributed by atoms with Crippen molar-refractivity contribution in [1.82, 2.24) is 19.9 Å². The van der Waals surface area contributed by atoms with Crippen LogP contribution >= 0.6 is 0 Å². The Morgan fingerprint density at radius 1 is 1.46 bits per heavy atom. The molecule has 1 rings (SSSR count). The highest BCUT2D eigenvalue weighted by Crippen LogP contribution is 2.01. The summed E-state index contributed by atoms with van der Waals surface area (Å²) in [5, 5.41) is 8.00. The van der Waals surface area contributed by atoms with E-state index < -0.39 is 0 Å². The second-order valence-electron chi connectivity index (χ2n) is 3.35. The summed E-state index contributed by atoms with van der Waals surface area (Å²) in [6.45, 7) is 4.30. The topological polar surface area (TPSA) is 60.0 Å². The van der Waals surface area contributed by atoms with Crippen molar-refractivity contribution < 1.29 is 0 Å². The molecule has 1 aromatic rings. The molecule has 0 unspecified atom stereocenters. The highest BCUT2D eigenvalue weighted by Gasteiger charge is 2.05. The number of likely N-dealkylation sites (N-methyl/N-ethyl adjacent to an activating group) is 1. The molecule has 0 atom stereocenters. The molecule has 0 spiro atoms. The van der Waals surface area contributed by atoms with Gasteiger partial charge in [-0.15, -0.1) is 5.10 Å². The van der Waals surface area contributed by atoms with Gasteiger partial charge in [-0.3, -0.25) is 0 Å². The van der Waals surface area contributed by atoms with Crippen molar-refractivity contribution in [1.29, 1.82) is 0 Å². The van der Waals surface area contributed by atoms with Crippen LogP contribution in [0.15, 0.2) is 0 Å². The van der Waals surface area contributed by atoms with E-state index in [1.807, 2.05) is 25.7 Å². The molecule has 0 radical (unpaired) electrons. The van der Waals surface area contributed by atoms with E-state index in [0.717, 1.165) is 24.5 Å². The van der Waals surface area contributed by atoms with Gasteiger partial charge < -0.3 is 10.6 Å². The lowest BCUT2D eigenvalue weighted by molar-refractivity contribution is 0.368. The van der Waals surface area contributed by atoms with Crippen molar-refractivity contribution in [3.8, 4) is 0 Å². The molecule has 5 heteroatoms. The number of aromatic nitrogens is 3. The molecule has 0 amide bonds. The van der Waals surface area contributed by atoms with E-state index in [-0.39, 0.29) is 0 Å². The largest absolute Gasteiger partial charge is 0.325 e. The van der Waals surface area contributed by atoms with Gasteiger partial charge in [0.25, 0.3) is 0 Å². The fraction of sp³-hybridized carbons (Fsp3) is 0.750. The second-order valence-corrected chi connectivity index (χ2v) is 3.35. The quantitative estimate of drug-likeness (QED) is 0.690. The number of hydrogen-bond acceptors (Lipinski definition) is 4. The first kappa shape index (κ1) is 10.1. The fourth-order valence-corrected chi connectivity index (χ4v) is 1.09. The van der Waals surface area contributed by atoms with Gasteiger partial charge in [-0.2, -0.15) is 0 Å². The normalized spacial score (nSPS) is 11.2. The molecule has 0 aromatic carbocycles. The van der Waals surface area contributed by atoms with E-state index in [4.69, 9.17) is 5.73 Å². The van der Waals surface area contributed by atoms with E-state index in [1.54, 1.807) is 0 Å². The molecule has 0 aliphatic heterocycles. The molecule has 5 nitrogen and oxygen atoms in total. The van der Waals surface area contributed by atoms with Gasteiger partial charge >= 0.3 is 0 Å². The minimum absolute atomic E-state index is 0.466. The molecular weight excluding hydrogens is 166 g/mol. The molecule has 0 aliphatic carbocycles. The van der Waals surface area contributed by atoms with Crippen molar-refractivity contribution in [3.05, 3.63) is 11.4 Å². The molecule has 0 aliphatic rings. The second kappa shape index (κ2) is 4.34. The van der Waals surface area contributed by atoms with Crippen molar-refractivity contribution >= 4 is 0 Å². The van der Waals surface area contributed by atoms with Crippen molar-refractivity contribution in [2.75, 3.05) is 20.6 Å². The van der Waals surface area contributed by atoms with Crippen molar-refractivity contribution in [2.24, 2.45) is 5.73 Å². The average Bonchev–Trinajstić information content (AvgIpc) is 2.43. The zero-order valence-electron chi connectivity index (χ0n) is 8.49. The van der Waals surface area contributed by atoms with Crippen LogP contribution in [0.5, 0.6) is 0 Å². The summed E-state index contributed by atoms with van der Waals surface area (Å²) in [6.07, 6.45) is 0. The first-order chi connectivity index (χ1) is 6.15. The monoisotopic (exact) mass is 183 g/mol. The van der Waals surface area contributed by atoms with Crippen LogP contribution < -0.4 is 5.73 Å². The molecule has 2 N–H and O–H groups in total. The Morgan fingerprint density at radius 3 is 2.62 bits per heavy atom. The summed E-state index contributed by atoms with van der Waals surface area (Å²) >= 11 is 0. The third-order valence-electron chi connectivity index (χ3n) is 2.03. The highest BCUT2D eigenvalue weighted by molar-refractivity contribution is 5.06. The lowest BCUT2D eigenvalue weighted by Crippen LogP contribution is -2.19. The molecule has 1 aromatic heterocycles. The Kier molecular flexibility index (Phi) is 3.39. The summed E-state index contributed by atoms with van der Waals surface area (Å²) in [5.74, 6) is 0. The molecule has 0 saturated carbocycles. The third kappa shape index (κ3) is 2.50. The van der Waals surface area contributed by atoms with Gasteiger partial charge in [0.1, 0.15) is 0 Å². The van der Waals surface area contributed by atoms with E-state index >= 15 is 0 Å². The van der Waals surface area contributed by atoms with Crippen LogP contribution in [-0.4, -0.2) is 40.5 Å². The first-order valence-electron chi connectivity index (χ1n) is 4.39. The van der Waals surface area contributed by atoms with Crippen molar-refractivity contribution in [2.45, 2.75) is 20.0 Å². The predicted octanol–water partition coefficient (Wildman–Crippen LogP) is -0.393. The minimum Gasteiger partial charge on any atom is -0.325 e. The van der Waals surface area contributed by atoms with E-state index in [2.05, 4.69) is 15.2 Å². The lowest BCUT2D eigenvalue weighted by atomic mass is 10.3. The summed E-state index contributed by atoms with van der Waals surface area (Å²) in [7, 11) is 4.08. The molecular formula is C8H17N5. The Morgan fingerprint density at radius 2 is 2.15 bits per heavy atom. The Hall–Kier alpha value is -0.940. The zero-order valence-corrected chi connectivity index (χ0v) is 8.49. The smallest absolute Gasteiger partial charge is 0.0991 e. The Bertz CT molecular complexity index is 265. The summed E-state index contributed by atoms with van der Waals surface area (Å²) in [5.41, 5.74) is 7.45. The molecule has 0 bridgehead atoms. The maximum Gasteiger partial charge on any atom is 0.0991 e. The molecule has 74 valence electrons. The zero-order chi connectivity index (χ0) is 9.84. The van der Waals surface area contributed by atoms with Crippen LogP contribution in [0.1, 0.15) is 11.4 Å². The summed E-state index contributed by atoms with van der Waals surface area (Å²) in [6, 6.07) is 0. The highest BCUT2D eigenvalue weighted by atomic mass is 15.4. The van der Waals surface area contributed by atoms with Gasteiger partial charge in [0.2, 0.25) is 0 Å². The molecule has 1 heterocycles. The van der Waals surface area contributed by atoms with Crippen molar-refractivity contribution in [3.63, 3.8) is 0 Å². The average molecular weight is 183 g/mol. The number of rotatable bonds is 4. The Labute approximate surface area is 78.5 Å². The van der Waals surface area contributed by atoms with E-state index in [9.17, 15) is 0 Å². The summed E-state index contributed by atoms with van der Waals surface area (Å²) in [4.78, 5) is 2.11. The molecule has 0 saturated heterocycles. The van der Waals surface area contributed by atoms with E-state index in [1.165, 1.54) is 0 Å². The van der Waals surface area contributed by atoms with Crippen LogP contribution in [0.2, 0.25) is 0 Å². The van der Waals surface area contributed by atoms with Crippen LogP contribution in [0.3, 0.4) is 0 Å². The standard InChI is InChI=1S/C8H17N5/c1-7-8(6-9)10-11-13(7)5-4-12(2)3/h4-6,9H2,1-3H3. The van der Waals surface area contributed by atoms with Crippen LogP contribution in [0.4, 0.5) is 0 Å². The lowest BCUT2D eigenvalue weighted by Gasteiger charge is -2.09. The third-order valence-corrected chi connectivity index (χ3v) is 2.03. The predicted molar refractivity (Wildman–Crippen MR) is 51.2 cm³/mol. The van der Waals surface area contributed by atoms with Gasteiger partial charge in [-0.05, 0) is 21.0 Å². The number of nitrogens with zero attached hydrogens (tertiary/aromatic N) is 4.